The number of rotatable bonds is 7. The predicted octanol–water partition coefficient (Wildman–Crippen LogP) is 6.29. The number of carbonyl (C=O) groups is 2. The van der Waals surface area contributed by atoms with Gasteiger partial charge in [0, 0.05) is 39.8 Å². The standard InChI is InChI=1S/C30H27ClN4O2S/c1-20-15-25(21(2)35(20)27-10-6-9-26(31)16-27)17-32-33-29(37)23-11-13-24(14-12-23)30-34(28(36)19-38-30)18-22-7-4-3-5-8-22/h3-17,30H,18-19H2,1-2H3,(H,33,37)/b32-17-/t30-/m0/s1. The fourth-order valence-electron chi connectivity index (χ4n) is 4.64. The number of amides is 2. The molecular weight excluding hydrogens is 516 g/mol. The summed E-state index contributed by atoms with van der Waals surface area (Å²) >= 11 is 7.77. The molecule has 0 spiro atoms. The number of aryl methyl sites for hydroxylation is 1. The van der Waals surface area contributed by atoms with E-state index in [9.17, 15) is 9.59 Å². The molecule has 1 atom stereocenters. The Balaban J connectivity index is 1.24. The molecule has 3 aromatic carbocycles. The lowest BCUT2D eigenvalue weighted by molar-refractivity contribution is -0.128. The van der Waals surface area contributed by atoms with Crippen molar-refractivity contribution in [3.05, 3.63) is 124 Å². The van der Waals surface area contributed by atoms with Crippen molar-refractivity contribution in [2.75, 3.05) is 5.75 Å². The molecule has 0 bridgehead atoms. The van der Waals surface area contributed by atoms with E-state index >= 15 is 0 Å². The van der Waals surface area contributed by atoms with Gasteiger partial charge in [-0.15, -0.1) is 11.8 Å². The van der Waals surface area contributed by atoms with Crippen LogP contribution in [0, 0.1) is 13.8 Å². The Bertz CT molecular complexity index is 1500. The fourth-order valence-corrected chi connectivity index (χ4v) is 6.01. The van der Waals surface area contributed by atoms with Crippen LogP contribution in [0.2, 0.25) is 5.02 Å². The first kappa shape index (κ1) is 25.8. The van der Waals surface area contributed by atoms with Gasteiger partial charge in [0.15, 0.2) is 0 Å². The normalized spacial score (nSPS) is 15.4. The molecule has 192 valence electrons. The number of nitrogens with one attached hydrogen (secondary N) is 1. The van der Waals surface area contributed by atoms with Crippen LogP contribution in [0.25, 0.3) is 5.69 Å². The Kier molecular flexibility index (Phi) is 7.67. The van der Waals surface area contributed by atoms with E-state index < -0.39 is 0 Å². The Morgan fingerprint density at radius 2 is 1.82 bits per heavy atom. The molecule has 8 heteroatoms. The van der Waals surface area contributed by atoms with Gasteiger partial charge < -0.3 is 9.47 Å². The Labute approximate surface area is 231 Å². The van der Waals surface area contributed by atoms with Crippen LogP contribution in [0.4, 0.5) is 0 Å². The van der Waals surface area contributed by atoms with E-state index in [2.05, 4.69) is 15.1 Å². The zero-order valence-electron chi connectivity index (χ0n) is 21.1. The van der Waals surface area contributed by atoms with E-state index in [4.69, 9.17) is 11.6 Å². The number of hydrogen-bond acceptors (Lipinski definition) is 4. The summed E-state index contributed by atoms with van der Waals surface area (Å²) in [6.45, 7) is 4.58. The molecule has 0 radical (unpaired) electrons. The average molecular weight is 543 g/mol. The average Bonchev–Trinajstić information content (AvgIpc) is 3.42. The first-order chi connectivity index (χ1) is 18.4. The van der Waals surface area contributed by atoms with Crippen molar-refractivity contribution >= 4 is 41.4 Å². The summed E-state index contributed by atoms with van der Waals surface area (Å²) in [6.07, 6.45) is 1.65. The molecule has 5 rings (SSSR count). The lowest BCUT2D eigenvalue weighted by Crippen LogP contribution is -2.27. The van der Waals surface area contributed by atoms with Crippen LogP contribution in [-0.2, 0) is 11.3 Å². The van der Waals surface area contributed by atoms with Gasteiger partial charge in [-0.2, -0.15) is 5.10 Å². The minimum atomic E-state index is -0.298. The van der Waals surface area contributed by atoms with Gasteiger partial charge in [0.25, 0.3) is 5.91 Å². The van der Waals surface area contributed by atoms with Gasteiger partial charge in [-0.25, -0.2) is 5.43 Å². The van der Waals surface area contributed by atoms with Gasteiger partial charge in [-0.05, 0) is 61.4 Å². The maximum absolute atomic E-state index is 12.7. The van der Waals surface area contributed by atoms with Gasteiger partial charge in [0.2, 0.25) is 5.91 Å². The van der Waals surface area contributed by atoms with E-state index in [1.54, 1.807) is 30.1 Å². The van der Waals surface area contributed by atoms with Crippen molar-refractivity contribution in [1.29, 1.82) is 0 Å². The van der Waals surface area contributed by atoms with E-state index in [0.717, 1.165) is 33.8 Å². The number of thioether (sulfide) groups is 1. The molecule has 1 fully saturated rings. The van der Waals surface area contributed by atoms with Gasteiger partial charge in [-0.3, -0.25) is 9.59 Å². The second-order valence-electron chi connectivity index (χ2n) is 9.13. The number of hydrogen-bond donors (Lipinski definition) is 1. The molecule has 1 aliphatic heterocycles. The summed E-state index contributed by atoms with van der Waals surface area (Å²) in [5.41, 5.74) is 9.11. The quantitative estimate of drug-likeness (QED) is 0.220. The van der Waals surface area contributed by atoms with Gasteiger partial charge in [-0.1, -0.05) is 60.1 Å². The SMILES string of the molecule is Cc1cc(/C=N\NC(=O)c2ccc([C@@H]3SCC(=O)N3Cc3ccccc3)cc2)c(C)n1-c1cccc(Cl)c1. The van der Waals surface area contributed by atoms with Crippen LogP contribution in [0.5, 0.6) is 0 Å². The molecule has 1 saturated heterocycles. The molecule has 0 saturated carbocycles. The van der Waals surface area contributed by atoms with Crippen molar-refractivity contribution < 1.29 is 9.59 Å². The van der Waals surface area contributed by atoms with E-state index in [1.807, 2.05) is 91.5 Å². The van der Waals surface area contributed by atoms with Crippen LogP contribution in [0.3, 0.4) is 0 Å². The highest BCUT2D eigenvalue weighted by Gasteiger charge is 2.32. The van der Waals surface area contributed by atoms with Crippen molar-refractivity contribution in [1.82, 2.24) is 14.9 Å². The lowest BCUT2D eigenvalue weighted by atomic mass is 10.1. The molecule has 6 nitrogen and oxygen atoms in total. The maximum atomic E-state index is 12.7. The molecule has 2 heterocycles. The number of carbonyl (C=O) groups excluding carboxylic acids is 2. The third kappa shape index (κ3) is 5.54. The van der Waals surface area contributed by atoms with E-state index in [1.165, 1.54) is 0 Å². The highest BCUT2D eigenvalue weighted by molar-refractivity contribution is 8.00. The number of aromatic nitrogens is 1. The number of halogens is 1. The summed E-state index contributed by atoms with van der Waals surface area (Å²) < 4.78 is 2.10. The topological polar surface area (TPSA) is 66.7 Å². The summed E-state index contributed by atoms with van der Waals surface area (Å²) in [4.78, 5) is 27.1. The monoisotopic (exact) mass is 542 g/mol. The predicted molar refractivity (Wildman–Crippen MR) is 154 cm³/mol. The first-order valence-electron chi connectivity index (χ1n) is 12.2. The number of nitrogens with zero attached hydrogens (tertiary/aromatic N) is 3. The van der Waals surface area contributed by atoms with Crippen LogP contribution < -0.4 is 5.43 Å². The minimum Gasteiger partial charge on any atom is -0.322 e. The number of hydrazone groups is 1. The maximum Gasteiger partial charge on any atom is 0.271 e. The molecule has 1 aliphatic rings. The second kappa shape index (κ2) is 11.3. The zero-order chi connectivity index (χ0) is 26.6. The largest absolute Gasteiger partial charge is 0.322 e. The number of benzene rings is 3. The van der Waals surface area contributed by atoms with E-state index in [0.29, 0.717) is 22.9 Å². The van der Waals surface area contributed by atoms with Crippen LogP contribution >= 0.6 is 23.4 Å². The fraction of sp³-hybridized carbons (Fsp3) is 0.167. The van der Waals surface area contributed by atoms with Crippen molar-refractivity contribution in [2.24, 2.45) is 5.10 Å². The van der Waals surface area contributed by atoms with Crippen molar-refractivity contribution in [2.45, 2.75) is 25.8 Å². The van der Waals surface area contributed by atoms with E-state index in [-0.39, 0.29) is 17.2 Å². The van der Waals surface area contributed by atoms with Gasteiger partial charge in [0.1, 0.15) is 5.37 Å². The van der Waals surface area contributed by atoms with Crippen molar-refractivity contribution in [3.63, 3.8) is 0 Å². The lowest BCUT2D eigenvalue weighted by Gasteiger charge is -2.24. The summed E-state index contributed by atoms with van der Waals surface area (Å²) in [5, 5.41) is 4.79. The zero-order valence-corrected chi connectivity index (χ0v) is 22.7. The molecular formula is C30H27ClN4O2S. The summed E-state index contributed by atoms with van der Waals surface area (Å²) in [5.74, 6) is 0.273. The molecule has 1 N–H and O–H groups in total. The molecule has 4 aromatic rings. The molecule has 0 unspecified atom stereocenters. The molecule has 2 amide bonds. The Hall–Kier alpha value is -3.81. The second-order valence-corrected chi connectivity index (χ2v) is 10.6. The molecule has 1 aromatic heterocycles. The third-order valence-electron chi connectivity index (χ3n) is 6.53. The van der Waals surface area contributed by atoms with Crippen molar-refractivity contribution in [3.8, 4) is 5.69 Å². The Morgan fingerprint density at radius 3 is 2.55 bits per heavy atom. The molecule has 0 aliphatic carbocycles. The van der Waals surface area contributed by atoms with Crippen LogP contribution in [0.15, 0.2) is 90.0 Å². The highest BCUT2D eigenvalue weighted by atomic mass is 35.5. The summed E-state index contributed by atoms with van der Waals surface area (Å²) in [6, 6.07) is 27.0. The van der Waals surface area contributed by atoms with Gasteiger partial charge >= 0.3 is 0 Å². The first-order valence-corrected chi connectivity index (χ1v) is 13.7. The molecule has 38 heavy (non-hydrogen) atoms. The Morgan fingerprint density at radius 1 is 1.05 bits per heavy atom. The van der Waals surface area contributed by atoms with Crippen LogP contribution in [-0.4, -0.2) is 33.2 Å². The smallest absolute Gasteiger partial charge is 0.271 e. The minimum absolute atomic E-state index is 0.0763. The van der Waals surface area contributed by atoms with Gasteiger partial charge in [0.05, 0.1) is 12.0 Å². The highest BCUT2D eigenvalue weighted by Crippen LogP contribution is 2.39. The van der Waals surface area contributed by atoms with Crippen LogP contribution in [0.1, 0.15) is 43.8 Å². The third-order valence-corrected chi connectivity index (χ3v) is 8.02. The summed E-state index contributed by atoms with van der Waals surface area (Å²) in [7, 11) is 0.